The summed E-state index contributed by atoms with van der Waals surface area (Å²) in [5.41, 5.74) is 0.488. The first-order chi connectivity index (χ1) is 5.88. The topological polar surface area (TPSA) is 45.9 Å². The molecule has 0 saturated carbocycles. The summed E-state index contributed by atoms with van der Waals surface area (Å²) < 4.78 is 4.97. The van der Waals surface area contributed by atoms with Crippen LogP contribution in [0.15, 0.2) is 18.3 Å². The molecule has 0 unspecified atom stereocenters. The van der Waals surface area contributed by atoms with Gasteiger partial charge in [-0.1, -0.05) is 0 Å². The number of ether oxygens (including phenoxy) is 1. The predicted octanol–water partition coefficient (Wildman–Crippen LogP) is 0.965. The van der Waals surface area contributed by atoms with Crippen molar-refractivity contribution in [1.29, 1.82) is 5.26 Å². The van der Waals surface area contributed by atoms with Gasteiger partial charge in [-0.15, -0.1) is 0 Å². The molecular weight excluding hydrogens is 152 g/mol. The Balaban J connectivity index is 3.07. The molecule has 3 heteroatoms. The van der Waals surface area contributed by atoms with Gasteiger partial charge in [0.05, 0.1) is 7.11 Å². The van der Waals surface area contributed by atoms with E-state index in [2.05, 4.69) is 16.8 Å². The van der Waals surface area contributed by atoms with E-state index in [-0.39, 0.29) is 0 Å². The summed E-state index contributed by atoms with van der Waals surface area (Å²) in [5, 5.41) is 8.20. The number of rotatable bonds is 1. The van der Waals surface area contributed by atoms with E-state index in [4.69, 9.17) is 10.00 Å². The first-order valence-corrected chi connectivity index (χ1v) is 3.27. The lowest BCUT2D eigenvalue weighted by atomic mass is 10.3. The number of nitriles is 1. The van der Waals surface area contributed by atoms with E-state index in [0.717, 1.165) is 0 Å². The predicted molar refractivity (Wildman–Crippen MR) is 43.3 cm³/mol. The van der Waals surface area contributed by atoms with Gasteiger partial charge in [0.2, 0.25) is 0 Å². The summed E-state index contributed by atoms with van der Waals surface area (Å²) in [4.78, 5) is 3.94. The average molecular weight is 158 g/mol. The first-order valence-electron chi connectivity index (χ1n) is 3.27. The van der Waals surface area contributed by atoms with Crippen LogP contribution < -0.4 is 4.74 Å². The van der Waals surface area contributed by atoms with E-state index in [9.17, 15) is 0 Å². The zero-order valence-electron chi connectivity index (χ0n) is 6.53. The summed E-state index contributed by atoms with van der Waals surface area (Å²) in [6.45, 7) is 0. The molecule has 0 radical (unpaired) electrons. The quantitative estimate of drug-likeness (QED) is 0.572. The Bertz CT molecular complexity index is 368. The zero-order chi connectivity index (χ0) is 8.81. The molecule has 12 heavy (non-hydrogen) atoms. The highest BCUT2D eigenvalue weighted by molar-refractivity contribution is 5.42. The van der Waals surface area contributed by atoms with Crippen molar-refractivity contribution >= 4 is 0 Å². The summed E-state index contributed by atoms with van der Waals surface area (Å²) in [6.07, 6.45) is 1.60. The van der Waals surface area contributed by atoms with Gasteiger partial charge >= 0.3 is 0 Å². The number of nitrogens with zero attached hydrogens (tertiary/aromatic N) is 2. The summed E-state index contributed by atoms with van der Waals surface area (Å²) in [5.74, 6) is 5.40. The highest BCUT2D eigenvalue weighted by atomic mass is 16.5. The summed E-state index contributed by atoms with van der Waals surface area (Å²) in [7, 11) is 1.54. The number of pyridine rings is 1. The minimum atomic E-state index is 0.488. The van der Waals surface area contributed by atoms with Crippen molar-refractivity contribution in [1.82, 2.24) is 4.98 Å². The van der Waals surface area contributed by atoms with Crippen molar-refractivity contribution < 1.29 is 4.74 Å². The molecule has 0 bridgehead atoms. The molecule has 0 atom stereocenters. The Morgan fingerprint density at radius 2 is 2.42 bits per heavy atom. The molecule has 1 aromatic rings. The molecule has 0 N–H and O–H groups in total. The van der Waals surface area contributed by atoms with E-state index in [1.165, 1.54) is 7.11 Å². The summed E-state index contributed by atoms with van der Waals surface area (Å²) in [6, 6.07) is 5.20. The van der Waals surface area contributed by atoms with Gasteiger partial charge in [-0.05, 0) is 18.1 Å². The smallest absolute Gasteiger partial charge is 0.156 e. The lowest BCUT2D eigenvalue weighted by Crippen LogP contribution is -1.89. The third-order valence-corrected chi connectivity index (χ3v) is 1.23. The van der Waals surface area contributed by atoms with Gasteiger partial charge in [0.25, 0.3) is 0 Å². The minimum absolute atomic E-state index is 0.488. The standard InChI is InChI=1S/C9H6N2O/c1-12-9-5-3-7-11-8(9)4-2-6-10/h3,5,7H,1H3. The van der Waals surface area contributed by atoms with Gasteiger partial charge in [0.15, 0.2) is 17.5 Å². The molecule has 0 aromatic carbocycles. The Kier molecular flexibility index (Phi) is 2.70. The zero-order valence-corrected chi connectivity index (χ0v) is 6.53. The molecule has 0 aliphatic carbocycles. The molecule has 1 aromatic heterocycles. The van der Waals surface area contributed by atoms with Crippen LogP contribution >= 0.6 is 0 Å². The molecule has 0 fully saturated rings. The summed E-state index contributed by atoms with van der Waals surface area (Å²) >= 11 is 0. The Labute approximate surface area is 70.6 Å². The van der Waals surface area contributed by atoms with E-state index in [1.807, 2.05) is 0 Å². The second-order valence-corrected chi connectivity index (χ2v) is 1.92. The lowest BCUT2D eigenvalue weighted by molar-refractivity contribution is 0.411. The van der Waals surface area contributed by atoms with Crippen LogP contribution in [0.2, 0.25) is 0 Å². The normalized spacial score (nSPS) is 7.67. The molecule has 0 aliphatic heterocycles. The largest absolute Gasteiger partial charge is 0.494 e. The minimum Gasteiger partial charge on any atom is -0.494 e. The maximum absolute atomic E-state index is 8.20. The number of aromatic nitrogens is 1. The fourth-order valence-electron chi connectivity index (χ4n) is 0.736. The molecular formula is C9H6N2O. The Hall–Kier alpha value is -2.00. The maximum atomic E-state index is 8.20. The van der Waals surface area contributed by atoms with Gasteiger partial charge in [-0.2, -0.15) is 5.26 Å². The van der Waals surface area contributed by atoms with Crippen molar-refractivity contribution in [3.8, 4) is 23.7 Å². The third-order valence-electron chi connectivity index (χ3n) is 1.23. The number of hydrogen-bond acceptors (Lipinski definition) is 3. The van der Waals surface area contributed by atoms with Crippen LogP contribution in [0, 0.1) is 23.2 Å². The van der Waals surface area contributed by atoms with Gasteiger partial charge in [-0.3, -0.25) is 0 Å². The van der Waals surface area contributed by atoms with Crippen molar-refractivity contribution in [2.45, 2.75) is 0 Å². The maximum Gasteiger partial charge on any atom is 0.156 e. The van der Waals surface area contributed by atoms with Crippen LogP contribution in [0.1, 0.15) is 5.69 Å². The molecule has 1 rings (SSSR count). The van der Waals surface area contributed by atoms with Crippen molar-refractivity contribution in [2.75, 3.05) is 7.11 Å². The van der Waals surface area contributed by atoms with Crippen LogP contribution in [0.4, 0.5) is 0 Å². The Morgan fingerprint density at radius 3 is 3.08 bits per heavy atom. The highest BCUT2D eigenvalue weighted by Gasteiger charge is 1.97. The molecule has 0 saturated heterocycles. The van der Waals surface area contributed by atoms with Crippen LogP contribution in [0.25, 0.3) is 0 Å². The fraction of sp³-hybridized carbons (Fsp3) is 0.111. The lowest BCUT2D eigenvalue weighted by Gasteiger charge is -1.98. The van der Waals surface area contributed by atoms with Gasteiger partial charge in [0.1, 0.15) is 0 Å². The second kappa shape index (κ2) is 4.00. The van der Waals surface area contributed by atoms with E-state index >= 15 is 0 Å². The average Bonchev–Trinajstić information content (AvgIpc) is 2.15. The monoisotopic (exact) mass is 158 g/mol. The Morgan fingerprint density at radius 1 is 1.58 bits per heavy atom. The van der Waals surface area contributed by atoms with Crippen LogP contribution in [0.5, 0.6) is 5.75 Å². The molecule has 0 aliphatic rings. The van der Waals surface area contributed by atoms with Crippen LogP contribution in [-0.2, 0) is 0 Å². The second-order valence-electron chi connectivity index (χ2n) is 1.92. The molecule has 3 nitrogen and oxygen atoms in total. The number of hydrogen-bond donors (Lipinski definition) is 0. The molecule has 1 heterocycles. The number of methoxy groups -OCH3 is 1. The van der Waals surface area contributed by atoms with Crippen LogP contribution in [-0.4, -0.2) is 12.1 Å². The molecule has 58 valence electrons. The fourth-order valence-corrected chi connectivity index (χ4v) is 0.736. The van der Waals surface area contributed by atoms with E-state index in [1.54, 1.807) is 24.4 Å². The van der Waals surface area contributed by atoms with Crippen LogP contribution in [0.3, 0.4) is 0 Å². The van der Waals surface area contributed by atoms with Gasteiger partial charge in [-0.25, -0.2) is 4.98 Å². The van der Waals surface area contributed by atoms with Crippen molar-refractivity contribution in [2.24, 2.45) is 0 Å². The third kappa shape index (κ3) is 1.74. The molecule has 0 spiro atoms. The van der Waals surface area contributed by atoms with E-state index in [0.29, 0.717) is 11.4 Å². The van der Waals surface area contributed by atoms with Gasteiger partial charge < -0.3 is 4.74 Å². The first kappa shape index (κ1) is 8.10. The van der Waals surface area contributed by atoms with E-state index < -0.39 is 0 Å². The van der Waals surface area contributed by atoms with Crippen molar-refractivity contribution in [3.05, 3.63) is 24.0 Å². The van der Waals surface area contributed by atoms with Gasteiger partial charge in [0, 0.05) is 12.1 Å². The van der Waals surface area contributed by atoms with Crippen molar-refractivity contribution in [3.63, 3.8) is 0 Å². The SMILES string of the molecule is COc1cccnc1C#CC#N. The highest BCUT2D eigenvalue weighted by Crippen LogP contribution is 2.12. The molecule has 0 amide bonds.